The van der Waals surface area contributed by atoms with Crippen molar-refractivity contribution >= 4 is 17.6 Å². The summed E-state index contributed by atoms with van der Waals surface area (Å²) in [5.74, 6) is -0.709. The Kier molecular flexibility index (Phi) is 4.25. The Balaban J connectivity index is 2.05. The maximum Gasteiger partial charge on any atom is 0.304 e. The number of hydrogen-bond acceptors (Lipinski definition) is 2. The van der Waals surface area contributed by atoms with Crippen molar-refractivity contribution in [3.8, 4) is 0 Å². The third-order valence-corrected chi connectivity index (χ3v) is 3.82. The molecule has 0 aromatic heterocycles. The molecule has 0 radical (unpaired) electrons. The lowest BCUT2D eigenvalue weighted by Crippen LogP contribution is -2.31. The lowest BCUT2D eigenvalue weighted by Gasteiger charge is -2.24. The molecule has 1 heterocycles. The smallest absolute Gasteiger partial charge is 0.304 e. The summed E-state index contributed by atoms with van der Waals surface area (Å²) < 4.78 is 0. The first-order chi connectivity index (χ1) is 8.56. The number of hydrogen-bond donors (Lipinski definition) is 1. The minimum atomic E-state index is -0.709. The Labute approximate surface area is 112 Å². The van der Waals surface area contributed by atoms with E-state index in [9.17, 15) is 4.79 Å². The molecule has 1 aliphatic heterocycles. The molecule has 0 spiro atoms. The van der Waals surface area contributed by atoms with Gasteiger partial charge in [0, 0.05) is 17.6 Å². The first-order valence-electron chi connectivity index (χ1n) is 6.27. The van der Waals surface area contributed by atoms with Crippen molar-refractivity contribution in [2.24, 2.45) is 0 Å². The number of carboxylic acid groups (broad SMARTS) is 1. The average Bonchev–Trinajstić information content (AvgIpc) is 2.69. The molecule has 1 fully saturated rings. The van der Waals surface area contributed by atoms with Crippen LogP contribution in [0.3, 0.4) is 0 Å². The molecule has 0 amide bonds. The van der Waals surface area contributed by atoms with Crippen molar-refractivity contribution in [2.45, 2.75) is 38.8 Å². The van der Waals surface area contributed by atoms with E-state index in [0.717, 1.165) is 31.0 Å². The van der Waals surface area contributed by atoms with Crippen LogP contribution in [0.25, 0.3) is 0 Å². The van der Waals surface area contributed by atoms with Crippen LogP contribution in [0.1, 0.15) is 30.4 Å². The number of halogens is 1. The molecule has 4 heteroatoms. The summed E-state index contributed by atoms with van der Waals surface area (Å²) in [5.41, 5.74) is 2.40. The zero-order chi connectivity index (χ0) is 13.1. The molecule has 0 aliphatic carbocycles. The molecule has 1 atom stereocenters. The summed E-state index contributed by atoms with van der Waals surface area (Å²) >= 11 is 5.94. The topological polar surface area (TPSA) is 40.5 Å². The summed E-state index contributed by atoms with van der Waals surface area (Å²) in [6.45, 7) is 3.85. The molecule has 1 N–H and O–H groups in total. The van der Waals surface area contributed by atoms with E-state index < -0.39 is 5.97 Å². The van der Waals surface area contributed by atoms with Crippen molar-refractivity contribution in [3.63, 3.8) is 0 Å². The largest absolute Gasteiger partial charge is 0.481 e. The van der Waals surface area contributed by atoms with E-state index in [2.05, 4.69) is 4.90 Å². The van der Waals surface area contributed by atoms with Crippen LogP contribution < -0.4 is 0 Å². The SMILES string of the molecule is Cc1cc(Cl)ccc1CN1CCCC1CC(=O)O. The van der Waals surface area contributed by atoms with Crippen LogP contribution in [-0.2, 0) is 11.3 Å². The van der Waals surface area contributed by atoms with Gasteiger partial charge < -0.3 is 5.11 Å². The summed E-state index contributed by atoms with van der Waals surface area (Å²) in [6, 6.07) is 6.07. The van der Waals surface area contributed by atoms with Gasteiger partial charge in [0.25, 0.3) is 0 Å². The van der Waals surface area contributed by atoms with Crippen molar-refractivity contribution < 1.29 is 9.90 Å². The fourth-order valence-electron chi connectivity index (χ4n) is 2.59. The highest BCUT2D eigenvalue weighted by atomic mass is 35.5. The highest BCUT2D eigenvalue weighted by molar-refractivity contribution is 6.30. The monoisotopic (exact) mass is 267 g/mol. The number of aryl methyl sites for hydroxylation is 1. The molecular formula is C14H18ClNO2. The van der Waals surface area contributed by atoms with Gasteiger partial charge >= 0.3 is 5.97 Å². The first kappa shape index (κ1) is 13.4. The molecule has 1 aromatic carbocycles. The van der Waals surface area contributed by atoms with E-state index in [1.54, 1.807) is 0 Å². The molecule has 2 rings (SSSR count). The molecule has 1 unspecified atom stereocenters. The van der Waals surface area contributed by atoms with Crippen LogP contribution in [0.5, 0.6) is 0 Å². The normalized spacial score (nSPS) is 20.2. The standard InChI is InChI=1S/C14H18ClNO2/c1-10-7-12(15)5-4-11(10)9-16-6-2-3-13(16)8-14(17)18/h4-5,7,13H,2-3,6,8-9H2,1H3,(H,17,18). The zero-order valence-electron chi connectivity index (χ0n) is 10.5. The van der Waals surface area contributed by atoms with E-state index in [0.29, 0.717) is 0 Å². The second kappa shape index (κ2) is 5.72. The third-order valence-electron chi connectivity index (χ3n) is 3.59. The van der Waals surface area contributed by atoms with Crippen LogP contribution in [-0.4, -0.2) is 28.6 Å². The van der Waals surface area contributed by atoms with Gasteiger partial charge in [-0.25, -0.2) is 0 Å². The zero-order valence-corrected chi connectivity index (χ0v) is 11.3. The van der Waals surface area contributed by atoms with E-state index in [4.69, 9.17) is 16.7 Å². The molecule has 1 saturated heterocycles. The summed E-state index contributed by atoms with van der Waals surface area (Å²) in [5, 5.41) is 9.65. The van der Waals surface area contributed by atoms with E-state index in [-0.39, 0.29) is 12.5 Å². The molecular weight excluding hydrogens is 250 g/mol. The quantitative estimate of drug-likeness (QED) is 0.911. The minimum absolute atomic E-state index is 0.178. The fraction of sp³-hybridized carbons (Fsp3) is 0.500. The van der Waals surface area contributed by atoms with Crippen molar-refractivity contribution in [2.75, 3.05) is 6.54 Å². The van der Waals surface area contributed by atoms with Crippen LogP contribution in [0.15, 0.2) is 18.2 Å². The summed E-state index contributed by atoms with van der Waals surface area (Å²) in [6.07, 6.45) is 2.32. The molecule has 1 aromatic rings. The van der Waals surface area contributed by atoms with E-state index >= 15 is 0 Å². The van der Waals surface area contributed by atoms with E-state index in [1.807, 2.05) is 25.1 Å². The number of carbonyl (C=O) groups is 1. The maximum atomic E-state index is 10.8. The molecule has 1 aliphatic rings. The van der Waals surface area contributed by atoms with Gasteiger partial charge in [0.1, 0.15) is 0 Å². The van der Waals surface area contributed by atoms with Crippen molar-refractivity contribution in [1.82, 2.24) is 4.90 Å². The lowest BCUT2D eigenvalue weighted by molar-refractivity contribution is -0.138. The Morgan fingerprint density at radius 2 is 2.33 bits per heavy atom. The molecule has 3 nitrogen and oxygen atoms in total. The lowest BCUT2D eigenvalue weighted by atomic mass is 10.1. The Morgan fingerprint density at radius 3 is 3.00 bits per heavy atom. The second-order valence-electron chi connectivity index (χ2n) is 4.94. The number of benzene rings is 1. The Bertz CT molecular complexity index is 447. The average molecular weight is 268 g/mol. The summed E-state index contributed by atoms with van der Waals surface area (Å²) in [7, 11) is 0. The number of likely N-dealkylation sites (tertiary alicyclic amines) is 1. The molecule has 18 heavy (non-hydrogen) atoms. The van der Waals surface area contributed by atoms with Gasteiger partial charge in [0.05, 0.1) is 6.42 Å². The predicted octanol–water partition coefficient (Wildman–Crippen LogP) is 3.09. The van der Waals surface area contributed by atoms with Gasteiger partial charge in [0.2, 0.25) is 0 Å². The van der Waals surface area contributed by atoms with Crippen LogP contribution >= 0.6 is 11.6 Å². The van der Waals surface area contributed by atoms with Crippen molar-refractivity contribution in [1.29, 1.82) is 0 Å². The molecule has 0 bridgehead atoms. The summed E-state index contributed by atoms with van der Waals surface area (Å²) in [4.78, 5) is 13.1. The second-order valence-corrected chi connectivity index (χ2v) is 5.37. The first-order valence-corrected chi connectivity index (χ1v) is 6.65. The minimum Gasteiger partial charge on any atom is -0.481 e. The molecule has 98 valence electrons. The highest BCUT2D eigenvalue weighted by Crippen LogP contribution is 2.24. The fourth-order valence-corrected chi connectivity index (χ4v) is 2.82. The van der Waals surface area contributed by atoms with Crippen LogP contribution in [0.2, 0.25) is 5.02 Å². The predicted molar refractivity (Wildman–Crippen MR) is 71.9 cm³/mol. The van der Waals surface area contributed by atoms with Gasteiger partial charge in [-0.05, 0) is 49.6 Å². The van der Waals surface area contributed by atoms with Gasteiger partial charge in [-0.15, -0.1) is 0 Å². The van der Waals surface area contributed by atoms with Gasteiger partial charge in [-0.2, -0.15) is 0 Å². The van der Waals surface area contributed by atoms with Gasteiger partial charge in [0.15, 0.2) is 0 Å². The maximum absolute atomic E-state index is 10.8. The number of nitrogens with zero attached hydrogens (tertiary/aromatic N) is 1. The van der Waals surface area contributed by atoms with Gasteiger partial charge in [-0.3, -0.25) is 9.69 Å². The van der Waals surface area contributed by atoms with E-state index in [1.165, 1.54) is 11.1 Å². The molecule has 0 saturated carbocycles. The number of aliphatic carboxylic acids is 1. The van der Waals surface area contributed by atoms with Gasteiger partial charge in [-0.1, -0.05) is 17.7 Å². The van der Waals surface area contributed by atoms with Crippen LogP contribution in [0.4, 0.5) is 0 Å². The number of rotatable bonds is 4. The Morgan fingerprint density at radius 1 is 1.56 bits per heavy atom. The van der Waals surface area contributed by atoms with Crippen LogP contribution in [0, 0.1) is 6.92 Å². The Hall–Kier alpha value is -1.06. The highest BCUT2D eigenvalue weighted by Gasteiger charge is 2.26. The third kappa shape index (κ3) is 3.24. The van der Waals surface area contributed by atoms with Crippen molar-refractivity contribution in [3.05, 3.63) is 34.3 Å². The number of carboxylic acids is 1.